The van der Waals surface area contributed by atoms with E-state index in [4.69, 9.17) is 9.84 Å². The zero-order valence-electron chi connectivity index (χ0n) is 10.9. The number of halogens is 2. The van der Waals surface area contributed by atoms with Gasteiger partial charge in [-0.1, -0.05) is 0 Å². The number of rotatable bonds is 4. The smallest absolute Gasteiger partial charge is 0.248 e. The van der Waals surface area contributed by atoms with E-state index in [1.54, 1.807) is 0 Å². The second-order valence-electron chi connectivity index (χ2n) is 5.98. The van der Waals surface area contributed by atoms with Crippen LogP contribution in [0.15, 0.2) is 0 Å². The van der Waals surface area contributed by atoms with E-state index < -0.39 is 5.92 Å². The third-order valence-electron chi connectivity index (χ3n) is 4.36. The van der Waals surface area contributed by atoms with Crippen molar-refractivity contribution in [2.75, 3.05) is 13.2 Å². The van der Waals surface area contributed by atoms with Gasteiger partial charge in [0.25, 0.3) is 0 Å². The minimum Gasteiger partial charge on any atom is -0.396 e. The summed E-state index contributed by atoms with van der Waals surface area (Å²) in [7, 11) is 0. The second-order valence-corrected chi connectivity index (χ2v) is 5.98. The molecule has 4 heteroatoms. The maximum Gasteiger partial charge on any atom is 0.248 e. The first kappa shape index (κ1) is 14.2. The van der Waals surface area contributed by atoms with Crippen LogP contribution in [0, 0.1) is 11.8 Å². The van der Waals surface area contributed by atoms with E-state index in [0.717, 1.165) is 32.1 Å². The van der Waals surface area contributed by atoms with E-state index >= 15 is 0 Å². The van der Waals surface area contributed by atoms with Crippen molar-refractivity contribution in [2.24, 2.45) is 11.8 Å². The molecule has 0 amide bonds. The summed E-state index contributed by atoms with van der Waals surface area (Å²) in [6.45, 7) is 0.756. The zero-order chi connectivity index (χ0) is 13.0. The van der Waals surface area contributed by atoms with Gasteiger partial charge < -0.3 is 9.84 Å². The molecule has 2 saturated carbocycles. The van der Waals surface area contributed by atoms with Crippen LogP contribution in [0.1, 0.15) is 51.4 Å². The number of alkyl halides is 2. The number of hydrogen-bond donors (Lipinski definition) is 1. The molecule has 2 fully saturated rings. The van der Waals surface area contributed by atoms with Gasteiger partial charge in [0.05, 0.1) is 6.10 Å². The van der Waals surface area contributed by atoms with E-state index in [2.05, 4.69) is 0 Å². The van der Waals surface area contributed by atoms with Gasteiger partial charge in [-0.3, -0.25) is 0 Å². The lowest BCUT2D eigenvalue weighted by atomic mass is 9.86. The Bertz CT molecular complexity index is 250. The lowest BCUT2D eigenvalue weighted by Crippen LogP contribution is -2.31. The van der Waals surface area contributed by atoms with Crippen molar-refractivity contribution in [1.82, 2.24) is 0 Å². The highest BCUT2D eigenvalue weighted by molar-refractivity contribution is 4.79. The molecule has 0 aromatic carbocycles. The standard InChI is InChI=1S/C14H24F2O2/c15-14(16)7-1-2-12(8-14)10-18-13-5-3-11(9-17)4-6-13/h11-13,17H,1-10H2. The van der Waals surface area contributed by atoms with Crippen LogP contribution in [0.4, 0.5) is 8.78 Å². The number of aliphatic hydroxyl groups excluding tert-OH is 1. The first-order chi connectivity index (χ1) is 8.59. The van der Waals surface area contributed by atoms with Gasteiger partial charge in [0.1, 0.15) is 0 Å². The predicted octanol–water partition coefficient (Wildman–Crippen LogP) is 3.38. The van der Waals surface area contributed by atoms with Gasteiger partial charge in [-0.15, -0.1) is 0 Å². The van der Waals surface area contributed by atoms with Crippen LogP contribution in [0.5, 0.6) is 0 Å². The summed E-state index contributed by atoms with van der Waals surface area (Å²) < 4.78 is 32.3. The summed E-state index contributed by atoms with van der Waals surface area (Å²) in [5.41, 5.74) is 0. The van der Waals surface area contributed by atoms with Crippen LogP contribution < -0.4 is 0 Å². The van der Waals surface area contributed by atoms with Crippen molar-refractivity contribution < 1.29 is 18.6 Å². The largest absolute Gasteiger partial charge is 0.396 e. The minimum absolute atomic E-state index is 0.00101. The summed E-state index contributed by atoms with van der Waals surface area (Å²) in [6, 6.07) is 0. The summed E-state index contributed by atoms with van der Waals surface area (Å²) in [5.74, 6) is -2.02. The molecule has 0 aromatic heterocycles. The van der Waals surface area contributed by atoms with Gasteiger partial charge >= 0.3 is 0 Å². The first-order valence-electron chi connectivity index (χ1n) is 7.19. The van der Waals surface area contributed by atoms with Crippen molar-refractivity contribution in [1.29, 1.82) is 0 Å². The van der Waals surface area contributed by atoms with Crippen molar-refractivity contribution in [2.45, 2.75) is 63.4 Å². The van der Waals surface area contributed by atoms with E-state index in [1.807, 2.05) is 0 Å². The molecule has 0 bridgehead atoms. The molecule has 2 aliphatic carbocycles. The van der Waals surface area contributed by atoms with E-state index in [9.17, 15) is 8.78 Å². The van der Waals surface area contributed by atoms with E-state index in [0.29, 0.717) is 18.9 Å². The Morgan fingerprint density at radius 1 is 1.06 bits per heavy atom. The highest BCUT2D eigenvalue weighted by Crippen LogP contribution is 2.37. The van der Waals surface area contributed by atoms with Gasteiger partial charge in [0.15, 0.2) is 0 Å². The molecule has 2 aliphatic rings. The van der Waals surface area contributed by atoms with Crippen molar-refractivity contribution in [3.8, 4) is 0 Å². The van der Waals surface area contributed by atoms with Crippen LogP contribution in [-0.4, -0.2) is 30.3 Å². The molecule has 18 heavy (non-hydrogen) atoms. The molecule has 1 unspecified atom stereocenters. The molecule has 0 aliphatic heterocycles. The number of aliphatic hydroxyl groups is 1. The van der Waals surface area contributed by atoms with E-state index in [1.165, 1.54) is 0 Å². The molecule has 0 radical (unpaired) electrons. The van der Waals surface area contributed by atoms with Crippen LogP contribution in [0.3, 0.4) is 0 Å². The third kappa shape index (κ3) is 4.16. The van der Waals surface area contributed by atoms with Gasteiger partial charge in [-0.2, -0.15) is 0 Å². The average Bonchev–Trinajstić information content (AvgIpc) is 2.36. The maximum absolute atomic E-state index is 13.2. The fourth-order valence-electron chi connectivity index (χ4n) is 3.17. The molecule has 2 rings (SSSR count). The van der Waals surface area contributed by atoms with Gasteiger partial charge in [0, 0.05) is 26.1 Å². The monoisotopic (exact) mass is 262 g/mol. The highest BCUT2D eigenvalue weighted by Gasteiger charge is 2.36. The Balaban J connectivity index is 1.66. The second kappa shape index (κ2) is 6.29. The van der Waals surface area contributed by atoms with Crippen LogP contribution in [0.2, 0.25) is 0 Å². The Labute approximate surface area is 108 Å². The molecular formula is C14H24F2O2. The first-order valence-corrected chi connectivity index (χ1v) is 7.19. The minimum atomic E-state index is -2.47. The lowest BCUT2D eigenvalue weighted by molar-refractivity contribution is -0.0796. The van der Waals surface area contributed by atoms with Gasteiger partial charge in [-0.25, -0.2) is 8.78 Å². The summed E-state index contributed by atoms with van der Waals surface area (Å²) in [4.78, 5) is 0. The molecule has 0 heterocycles. The summed E-state index contributed by atoms with van der Waals surface area (Å²) in [5, 5.41) is 9.04. The Morgan fingerprint density at radius 2 is 1.78 bits per heavy atom. The van der Waals surface area contributed by atoms with Crippen molar-refractivity contribution in [3.05, 3.63) is 0 Å². The summed E-state index contributed by atoms with van der Waals surface area (Å²) in [6.07, 6.45) is 5.71. The van der Waals surface area contributed by atoms with Gasteiger partial charge in [-0.05, 0) is 50.4 Å². The Kier molecular flexibility index (Phi) is 4.96. The Morgan fingerprint density at radius 3 is 2.39 bits per heavy atom. The third-order valence-corrected chi connectivity index (χ3v) is 4.36. The number of hydrogen-bond acceptors (Lipinski definition) is 2. The molecule has 0 aromatic rings. The fraction of sp³-hybridized carbons (Fsp3) is 1.00. The lowest BCUT2D eigenvalue weighted by Gasteiger charge is -2.32. The van der Waals surface area contributed by atoms with Crippen LogP contribution in [0.25, 0.3) is 0 Å². The molecule has 106 valence electrons. The zero-order valence-corrected chi connectivity index (χ0v) is 10.9. The summed E-state index contributed by atoms with van der Waals surface area (Å²) >= 11 is 0. The van der Waals surface area contributed by atoms with Crippen LogP contribution in [-0.2, 0) is 4.74 Å². The molecule has 0 spiro atoms. The van der Waals surface area contributed by atoms with Crippen LogP contribution >= 0.6 is 0 Å². The van der Waals surface area contributed by atoms with E-state index in [-0.39, 0.29) is 31.5 Å². The van der Waals surface area contributed by atoms with Crippen molar-refractivity contribution in [3.63, 3.8) is 0 Å². The topological polar surface area (TPSA) is 29.5 Å². The predicted molar refractivity (Wildman–Crippen MR) is 65.7 cm³/mol. The Hall–Kier alpha value is -0.220. The SMILES string of the molecule is OCC1CCC(OCC2CCCC(F)(F)C2)CC1. The highest BCUT2D eigenvalue weighted by atomic mass is 19.3. The maximum atomic E-state index is 13.2. The average molecular weight is 262 g/mol. The van der Waals surface area contributed by atoms with Gasteiger partial charge in [0.2, 0.25) is 5.92 Å². The molecule has 1 N–H and O–H groups in total. The molecular weight excluding hydrogens is 238 g/mol. The normalized spacial score (nSPS) is 36.5. The fourth-order valence-corrected chi connectivity index (χ4v) is 3.17. The molecule has 0 saturated heterocycles. The quantitative estimate of drug-likeness (QED) is 0.841. The van der Waals surface area contributed by atoms with Crippen molar-refractivity contribution >= 4 is 0 Å². The number of ether oxygens (including phenoxy) is 1. The molecule has 2 nitrogen and oxygen atoms in total. The molecule has 1 atom stereocenters.